The molecule has 0 unspecified atom stereocenters. The van der Waals surface area contributed by atoms with Gasteiger partial charge in [0.05, 0.1) is 5.69 Å². The van der Waals surface area contributed by atoms with Crippen molar-refractivity contribution in [1.29, 1.82) is 0 Å². The highest BCUT2D eigenvalue weighted by Crippen LogP contribution is 2.29. The summed E-state index contributed by atoms with van der Waals surface area (Å²) in [6, 6.07) is 0.669. The SMILES string of the molecule is Cc1csc(N(CCN)C2CCCCC2)n1. The molecule has 0 amide bonds. The van der Waals surface area contributed by atoms with E-state index in [1.54, 1.807) is 11.3 Å². The maximum Gasteiger partial charge on any atom is 0.185 e. The third-order valence-electron chi connectivity index (χ3n) is 3.24. The zero-order valence-electron chi connectivity index (χ0n) is 9.98. The first kappa shape index (κ1) is 11.9. The summed E-state index contributed by atoms with van der Waals surface area (Å²) in [4.78, 5) is 7.02. The lowest BCUT2D eigenvalue weighted by atomic mass is 9.94. The van der Waals surface area contributed by atoms with Crippen LogP contribution in [0.4, 0.5) is 5.13 Å². The average Bonchev–Trinajstić information content (AvgIpc) is 2.74. The number of aryl methyl sites for hydroxylation is 1. The lowest BCUT2D eigenvalue weighted by Gasteiger charge is -2.33. The minimum absolute atomic E-state index is 0.669. The predicted molar refractivity (Wildman–Crippen MR) is 70.1 cm³/mol. The van der Waals surface area contributed by atoms with Gasteiger partial charge in [0.25, 0.3) is 0 Å². The molecule has 4 heteroatoms. The van der Waals surface area contributed by atoms with E-state index in [1.165, 1.54) is 32.1 Å². The topological polar surface area (TPSA) is 42.1 Å². The Hall–Kier alpha value is -0.610. The lowest BCUT2D eigenvalue weighted by molar-refractivity contribution is 0.415. The van der Waals surface area contributed by atoms with Crippen molar-refractivity contribution in [2.24, 2.45) is 5.73 Å². The lowest BCUT2D eigenvalue weighted by Crippen LogP contribution is -2.40. The van der Waals surface area contributed by atoms with Crippen LogP contribution in [0.15, 0.2) is 5.38 Å². The monoisotopic (exact) mass is 239 g/mol. The number of rotatable bonds is 4. The highest BCUT2D eigenvalue weighted by Gasteiger charge is 2.22. The molecule has 0 radical (unpaired) electrons. The maximum absolute atomic E-state index is 5.72. The fraction of sp³-hybridized carbons (Fsp3) is 0.750. The van der Waals surface area contributed by atoms with Crippen LogP contribution >= 0.6 is 11.3 Å². The van der Waals surface area contributed by atoms with Gasteiger partial charge in [-0.3, -0.25) is 0 Å². The molecule has 3 nitrogen and oxygen atoms in total. The Morgan fingerprint density at radius 3 is 2.75 bits per heavy atom. The van der Waals surface area contributed by atoms with Crippen LogP contribution < -0.4 is 10.6 Å². The third kappa shape index (κ3) is 2.74. The molecule has 90 valence electrons. The molecule has 0 spiro atoms. The van der Waals surface area contributed by atoms with E-state index in [0.717, 1.165) is 23.9 Å². The average molecular weight is 239 g/mol. The van der Waals surface area contributed by atoms with Crippen LogP contribution in [0.1, 0.15) is 37.8 Å². The van der Waals surface area contributed by atoms with Crippen LogP contribution in [0, 0.1) is 6.92 Å². The van der Waals surface area contributed by atoms with Crippen molar-refractivity contribution in [3.63, 3.8) is 0 Å². The van der Waals surface area contributed by atoms with Gasteiger partial charge in [0, 0.05) is 24.5 Å². The van der Waals surface area contributed by atoms with Crippen molar-refractivity contribution in [2.75, 3.05) is 18.0 Å². The first-order valence-corrected chi connectivity index (χ1v) is 7.08. The molecule has 1 aromatic rings. The summed E-state index contributed by atoms with van der Waals surface area (Å²) >= 11 is 1.75. The van der Waals surface area contributed by atoms with E-state index in [-0.39, 0.29) is 0 Å². The number of thiazole rings is 1. The number of aromatic nitrogens is 1. The van der Waals surface area contributed by atoms with Crippen molar-refractivity contribution in [1.82, 2.24) is 4.98 Å². The van der Waals surface area contributed by atoms with Crippen molar-refractivity contribution in [3.05, 3.63) is 11.1 Å². The molecular formula is C12H21N3S. The van der Waals surface area contributed by atoms with Gasteiger partial charge in [-0.2, -0.15) is 0 Å². The Kier molecular flexibility index (Phi) is 4.18. The van der Waals surface area contributed by atoms with Crippen molar-refractivity contribution < 1.29 is 0 Å². The largest absolute Gasteiger partial charge is 0.344 e. The van der Waals surface area contributed by atoms with Gasteiger partial charge < -0.3 is 10.6 Å². The highest BCUT2D eigenvalue weighted by molar-refractivity contribution is 7.13. The van der Waals surface area contributed by atoms with Crippen molar-refractivity contribution >= 4 is 16.5 Å². The van der Waals surface area contributed by atoms with Crippen molar-refractivity contribution in [3.8, 4) is 0 Å². The summed E-state index contributed by atoms with van der Waals surface area (Å²) in [5.74, 6) is 0. The highest BCUT2D eigenvalue weighted by atomic mass is 32.1. The van der Waals surface area contributed by atoms with Crippen LogP contribution in [-0.2, 0) is 0 Å². The van der Waals surface area contributed by atoms with Gasteiger partial charge in [0.2, 0.25) is 0 Å². The van der Waals surface area contributed by atoms with E-state index in [2.05, 4.69) is 22.2 Å². The maximum atomic E-state index is 5.72. The minimum Gasteiger partial charge on any atom is -0.344 e. The molecule has 1 saturated carbocycles. The second kappa shape index (κ2) is 5.64. The van der Waals surface area contributed by atoms with E-state index in [4.69, 9.17) is 5.73 Å². The Balaban J connectivity index is 2.09. The summed E-state index contributed by atoms with van der Waals surface area (Å²) < 4.78 is 0. The molecular weight excluding hydrogens is 218 g/mol. The summed E-state index contributed by atoms with van der Waals surface area (Å²) in [5, 5.41) is 3.29. The van der Waals surface area contributed by atoms with Crippen LogP contribution in [0.2, 0.25) is 0 Å². The molecule has 0 bridgehead atoms. The molecule has 1 heterocycles. The molecule has 2 N–H and O–H groups in total. The summed E-state index contributed by atoms with van der Waals surface area (Å²) in [7, 11) is 0. The Morgan fingerprint density at radius 1 is 1.44 bits per heavy atom. The van der Waals surface area contributed by atoms with Gasteiger partial charge in [-0.1, -0.05) is 19.3 Å². The second-order valence-corrected chi connectivity index (χ2v) is 5.38. The van der Waals surface area contributed by atoms with Gasteiger partial charge in [-0.05, 0) is 19.8 Å². The smallest absolute Gasteiger partial charge is 0.185 e. The standard InChI is InChI=1S/C12H21N3S/c1-10-9-16-12(14-10)15(8-7-13)11-5-3-2-4-6-11/h9,11H,2-8,13H2,1H3. The van der Waals surface area contributed by atoms with Gasteiger partial charge in [-0.25, -0.2) is 4.98 Å². The fourth-order valence-corrected chi connectivity index (χ4v) is 3.34. The molecule has 0 aromatic carbocycles. The number of hydrogen-bond donors (Lipinski definition) is 1. The summed E-state index contributed by atoms with van der Waals surface area (Å²) in [5.41, 5.74) is 6.84. The first-order chi connectivity index (χ1) is 7.81. The van der Waals surface area contributed by atoms with E-state index in [9.17, 15) is 0 Å². The van der Waals surface area contributed by atoms with Crippen LogP contribution in [0.5, 0.6) is 0 Å². The molecule has 1 aromatic heterocycles. The van der Waals surface area contributed by atoms with Gasteiger partial charge in [0.1, 0.15) is 0 Å². The number of nitrogens with zero attached hydrogens (tertiary/aromatic N) is 2. The number of nitrogens with two attached hydrogens (primary N) is 1. The zero-order valence-corrected chi connectivity index (χ0v) is 10.8. The van der Waals surface area contributed by atoms with Crippen LogP contribution in [0.3, 0.4) is 0 Å². The Labute approximate surface area is 102 Å². The molecule has 0 atom stereocenters. The zero-order chi connectivity index (χ0) is 11.4. The van der Waals surface area contributed by atoms with E-state index in [1.807, 2.05) is 0 Å². The Morgan fingerprint density at radius 2 is 2.19 bits per heavy atom. The van der Waals surface area contributed by atoms with Gasteiger partial charge >= 0.3 is 0 Å². The predicted octanol–water partition coefficient (Wildman–Crippen LogP) is 2.55. The van der Waals surface area contributed by atoms with Gasteiger partial charge in [-0.15, -0.1) is 11.3 Å². The minimum atomic E-state index is 0.669. The van der Waals surface area contributed by atoms with E-state index >= 15 is 0 Å². The van der Waals surface area contributed by atoms with E-state index in [0.29, 0.717) is 6.04 Å². The molecule has 16 heavy (non-hydrogen) atoms. The van der Waals surface area contributed by atoms with Crippen LogP contribution in [0.25, 0.3) is 0 Å². The quantitative estimate of drug-likeness (QED) is 0.878. The molecule has 1 aliphatic rings. The fourth-order valence-electron chi connectivity index (χ4n) is 2.44. The number of anilines is 1. The first-order valence-electron chi connectivity index (χ1n) is 6.20. The Bertz CT molecular complexity index is 318. The second-order valence-electron chi connectivity index (χ2n) is 4.55. The third-order valence-corrected chi connectivity index (χ3v) is 4.23. The molecule has 1 fully saturated rings. The molecule has 2 rings (SSSR count). The molecule has 1 aliphatic carbocycles. The van der Waals surface area contributed by atoms with E-state index < -0.39 is 0 Å². The summed E-state index contributed by atoms with van der Waals surface area (Å²) in [6.45, 7) is 3.72. The van der Waals surface area contributed by atoms with Crippen LogP contribution in [-0.4, -0.2) is 24.1 Å². The molecule has 0 aliphatic heterocycles. The molecule has 0 saturated heterocycles. The normalized spacial score (nSPS) is 17.6. The van der Waals surface area contributed by atoms with Gasteiger partial charge in [0.15, 0.2) is 5.13 Å². The van der Waals surface area contributed by atoms with Crippen molar-refractivity contribution in [2.45, 2.75) is 45.1 Å². The summed E-state index contributed by atoms with van der Waals surface area (Å²) in [6.07, 6.45) is 6.72. The number of hydrogen-bond acceptors (Lipinski definition) is 4.